The maximum Gasteiger partial charge on any atom is 0.153 e. The minimum Gasteiger partial charge on any atom is -0.298 e. The third-order valence-electron chi connectivity index (χ3n) is 2.06. The second-order valence-electron chi connectivity index (χ2n) is 2.97. The van der Waals surface area contributed by atoms with E-state index in [1.165, 1.54) is 0 Å². The van der Waals surface area contributed by atoms with Crippen LogP contribution in [-0.2, 0) is 6.54 Å². The van der Waals surface area contributed by atoms with Crippen LogP contribution in [0.15, 0.2) is 0 Å². The second kappa shape index (κ2) is 4.42. The summed E-state index contributed by atoms with van der Waals surface area (Å²) in [6.07, 6.45) is 1.73. The molecule has 0 saturated carbocycles. The molecule has 0 aliphatic rings. The molecule has 0 saturated heterocycles. The summed E-state index contributed by atoms with van der Waals surface area (Å²) >= 11 is 5.57. The van der Waals surface area contributed by atoms with Crippen LogP contribution < -0.4 is 0 Å². The van der Waals surface area contributed by atoms with Crippen LogP contribution in [0.4, 0.5) is 0 Å². The Morgan fingerprint density at radius 1 is 1.54 bits per heavy atom. The molecule has 0 spiro atoms. The van der Waals surface area contributed by atoms with E-state index in [1.54, 1.807) is 0 Å². The van der Waals surface area contributed by atoms with Crippen molar-refractivity contribution in [2.75, 3.05) is 5.88 Å². The quantitative estimate of drug-likeness (QED) is 0.550. The third-order valence-corrected chi connectivity index (χ3v) is 2.33. The van der Waals surface area contributed by atoms with Gasteiger partial charge in [0, 0.05) is 18.1 Å². The van der Waals surface area contributed by atoms with Gasteiger partial charge in [-0.3, -0.25) is 9.48 Å². The number of carbonyl (C=O) groups is 1. The van der Waals surface area contributed by atoms with Gasteiger partial charge in [0.15, 0.2) is 6.29 Å². The van der Waals surface area contributed by atoms with Crippen LogP contribution in [-0.4, -0.2) is 21.9 Å². The maximum atomic E-state index is 10.7. The van der Waals surface area contributed by atoms with Crippen molar-refractivity contribution in [2.45, 2.75) is 26.8 Å². The Morgan fingerprint density at radius 3 is 2.69 bits per heavy atom. The van der Waals surface area contributed by atoms with E-state index < -0.39 is 0 Å². The Labute approximate surface area is 82.7 Å². The van der Waals surface area contributed by atoms with E-state index in [4.69, 9.17) is 11.6 Å². The zero-order valence-electron chi connectivity index (χ0n) is 7.88. The topological polar surface area (TPSA) is 34.9 Å². The number of halogens is 1. The average molecular weight is 201 g/mol. The zero-order chi connectivity index (χ0) is 9.84. The van der Waals surface area contributed by atoms with Crippen molar-refractivity contribution in [2.24, 2.45) is 0 Å². The van der Waals surface area contributed by atoms with Crippen molar-refractivity contribution in [1.82, 2.24) is 9.78 Å². The standard InChI is InChI=1S/C9H13ClN2O/c1-7-9(6-13)8(2)12(11-7)5-3-4-10/h6H,3-5H2,1-2H3. The molecule has 1 aromatic heterocycles. The van der Waals surface area contributed by atoms with E-state index in [2.05, 4.69) is 5.10 Å². The second-order valence-corrected chi connectivity index (χ2v) is 3.35. The fourth-order valence-electron chi connectivity index (χ4n) is 1.31. The molecule has 1 rings (SSSR count). The average Bonchev–Trinajstić information content (AvgIpc) is 2.38. The lowest BCUT2D eigenvalue weighted by Gasteiger charge is -2.01. The van der Waals surface area contributed by atoms with Crippen LogP contribution in [0.5, 0.6) is 0 Å². The van der Waals surface area contributed by atoms with Gasteiger partial charge in [0.05, 0.1) is 11.3 Å². The number of carbonyl (C=O) groups excluding carboxylic acids is 1. The summed E-state index contributed by atoms with van der Waals surface area (Å²) in [6.45, 7) is 4.52. The number of hydrogen-bond donors (Lipinski definition) is 0. The largest absolute Gasteiger partial charge is 0.298 e. The van der Waals surface area contributed by atoms with Gasteiger partial charge in [-0.05, 0) is 20.3 Å². The molecule has 72 valence electrons. The van der Waals surface area contributed by atoms with Crippen molar-refractivity contribution in [3.8, 4) is 0 Å². The molecule has 4 heteroatoms. The number of hydrogen-bond acceptors (Lipinski definition) is 2. The molecular formula is C9H13ClN2O. The van der Waals surface area contributed by atoms with Crippen LogP contribution in [0.3, 0.4) is 0 Å². The third kappa shape index (κ3) is 2.10. The fraction of sp³-hybridized carbons (Fsp3) is 0.556. The summed E-state index contributed by atoms with van der Waals surface area (Å²) in [7, 11) is 0. The van der Waals surface area contributed by atoms with Crippen molar-refractivity contribution in [3.63, 3.8) is 0 Å². The van der Waals surface area contributed by atoms with Gasteiger partial charge in [0.2, 0.25) is 0 Å². The lowest BCUT2D eigenvalue weighted by molar-refractivity contribution is 0.112. The Bertz CT molecular complexity index is 307. The molecular weight excluding hydrogens is 188 g/mol. The molecule has 0 N–H and O–H groups in total. The fourth-order valence-corrected chi connectivity index (χ4v) is 1.43. The number of aldehydes is 1. The highest BCUT2D eigenvalue weighted by Crippen LogP contribution is 2.10. The summed E-state index contributed by atoms with van der Waals surface area (Å²) in [5.41, 5.74) is 2.43. The Kier molecular flexibility index (Phi) is 3.48. The molecule has 0 aliphatic heterocycles. The number of nitrogens with zero attached hydrogens (tertiary/aromatic N) is 2. The van der Waals surface area contributed by atoms with E-state index in [1.807, 2.05) is 18.5 Å². The van der Waals surface area contributed by atoms with E-state index in [0.29, 0.717) is 11.4 Å². The van der Waals surface area contributed by atoms with E-state index >= 15 is 0 Å². The minimum atomic E-state index is 0.620. The Morgan fingerprint density at radius 2 is 2.23 bits per heavy atom. The molecule has 0 aromatic carbocycles. The van der Waals surface area contributed by atoms with Crippen molar-refractivity contribution in [3.05, 3.63) is 17.0 Å². The van der Waals surface area contributed by atoms with Gasteiger partial charge in [0.25, 0.3) is 0 Å². The van der Waals surface area contributed by atoms with E-state index in [-0.39, 0.29) is 0 Å². The highest BCUT2D eigenvalue weighted by Gasteiger charge is 2.09. The maximum absolute atomic E-state index is 10.7. The highest BCUT2D eigenvalue weighted by molar-refractivity contribution is 6.17. The van der Waals surface area contributed by atoms with E-state index in [0.717, 1.165) is 30.6 Å². The monoisotopic (exact) mass is 200 g/mol. The lowest BCUT2D eigenvalue weighted by atomic mass is 10.2. The van der Waals surface area contributed by atoms with Gasteiger partial charge >= 0.3 is 0 Å². The lowest BCUT2D eigenvalue weighted by Crippen LogP contribution is -2.03. The van der Waals surface area contributed by atoms with Crippen LogP contribution in [0.25, 0.3) is 0 Å². The smallest absolute Gasteiger partial charge is 0.153 e. The van der Waals surface area contributed by atoms with Crippen molar-refractivity contribution >= 4 is 17.9 Å². The van der Waals surface area contributed by atoms with E-state index in [9.17, 15) is 4.79 Å². The summed E-state index contributed by atoms with van der Waals surface area (Å²) < 4.78 is 1.83. The molecule has 0 fully saturated rings. The zero-order valence-corrected chi connectivity index (χ0v) is 8.64. The number of aryl methyl sites for hydroxylation is 2. The normalized spacial score (nSPS) is 10.4. The first-order valence-corrected chi connectivity index (χ1v) is 4.79. The van der Waals surface area contributed by atoms with Gasteiger partial charge in [-0.2, -0.15) is 5.10 Å². The molecule has 1 heterocycles. The molecule has 0 unspecified atom stereocenters. The highest BCUT2D eigenvalue weighted by atomic mass is 35.5. The van der Waals surface area contributed by atoms with Crippen LogP contribution in [0.2, 0.25) is 0 Å². The van der Waals surface area contributed by atoms with Gasteiger partial charge in [0.1, 0.15) is 0 Å². The minimum absolute atomic E-state index is 0.620. The number of alkyl halides is 1. The predicted molar refractivity (Wildman–Crippen MR) is 52.4 cm³/mol. The van der Waals surface area contributed by atoms with Crippen molar-refractivity contribution < 1.29 is 4.79 Å². The molecule has 0 atom stereocenters. The van der Waals surface area contributed by atoms with Gasteiger partial charge in [-0.25, -0.2) is 0 Å². The van der Waals surface area contributed by atoms with Crippen molar-refractivity contribution in [1.29, 1.82) is 0 Å². The van der Waals surface area contributed by atoms with Crippen LogP contribution in [0, 0.1) is 13.8 Å². The number of rotatable bonds is 4. The molecule has 0 bridgehead atoms. The predicted octanol–water partition coefficient (Wildman–Crippen LogP) is 1.94. The first kappa shape index (κ1) is 10.3. The molecule has 1 aromatic rings. The first-order chi connectivity index (χ1) is 6.20. The molecule has 13 heavy (non-hydrogen) atoms. The summed E-state index contributed by atoms with van der Waals surface area (Å²) in [6, 6.07) is 0. The van der Waals surface area contributed by atoms with Crippen LogP contribution >= 0.6 is 11.6 Å². The first-order valence-electron chi connectivity index (χ1n) is 4.26. The SMILES string of the molecule is Cc1nn(CCCCl)c(C)c1C=O. The van der Waals surface area contributed by atoms with Gasteiger partial charge < -0.3 is 0 Å². The number of aromatic nitrogens is 2. The van der Waals surface area contributed by atoms with Gasteiger partial charge in [-0.15, -0.1) is 11.6 Å². The Balaban J connectivity index is 2.90. The molecule has 0 aliphatic carbocycles. The summed E-state index contributed by atoms with van der Waals surface area (Å²) in [5, 5.41) is 4.25. The summed E-state index contributed by atoms with van der Waals surface area (Å²) in [5.74, 6) is 0.620. The van der Waals surface area contributed by atoms with Gasteiger partial charge in [-0.1, -0.05) is 0 Å². The van der Waals surface area contributed by atoms with Crippen LogP contribution in [0.1, 0.15) is 28.2 Å². The molecule has 0 amide bonds. The molecule has 3 nitrogen and oxygen atoms in total. The Hall–Kier alpha value is -0.830. The summed E-state index contributed by atoms with van der Waals surface area (Å²) in [4.78, 5) is 10.7. The molecule has 0 radical (unpaired) electrons.